The second kappa shape index (κ2) is 8.45. The van der Waals surface area contributed by atoms with Crippen LogP contribution in [0.5, 0.6) is 0 Å². The van der Waals surface area contributed by atoms with E-state index in [0.717, 1.165) is 29.7 Å². The molecule has 7 nitrogen and oxygen atoms in total. The number of aryl methyl sites for hydroxylation is 2. The minimum Gasteiger partial charge on any atom is -0.436 e. The third-order valence-electron chi connectivity index (χ3n) is 5.63. The van der Waals surface area contributed by atoms with E-state index in [2.05, 4.69) is 9.97 Å². The quantitative estimate of drug-likeness (QED) is 0.632. The maximum atomic E-state index is 13.4. The van der Waals surface area contributed by atoms with E-state index in [0.29, 0.717) is 36.4 Å². The van der Waals surface area contributed by atoms with Crippen LogP contribution in [0, 0.1) is 19.7 Å². The molecule has 3 heterocycles. The first kappa shape index (κ1) is 21.0. The number of hydrogen-bond acceptors (Lipinski definition) is 6. The Morgan fingerprint density at radius 1 is 1.13 bits per heavy atom. The van der Waals surface area contributed by atoms with Gasteiger partial charge in [0.2, 0.25) is 11.7 Å². The van der Waals surface area contributed by atoms with Crippen molar-refractivity contribution in [2.45, 2.75) is 32.6 Å². The fraction of sp³-hybridized carbons (Fsp3) is 0.391. The summed E-state index contributed by atoms with van der Waals surface area (Å²) < 4.78 is 18.9. The van der Waals surface area contributed by atoms with Crippen molar-refractivity contribution < 1.29 is 13.6 Å². The molecule has 4 rings (SSSR count). The van der Waals surface area contributed by atoms with Crippen LogP contribution in [-0.4, -0.2) is 52.9 Å². The van der Waals surface area contributed by atoms with Crippen molar-refractivity contribution >= 4 is 11.9 Å². The summed E-state index contributed by atoms with van der Waals surface area (Å²) in [7, 11) is 3.80. The van der Waals surface area contributed by atoms with Crippen LogP contribution in [0.1, 0.15) is 46.6 Å². The van der Waals surface area contributed by atoms with Gasteiger partial charge in [-0.05, 0) is 37.5 Å². The summed E-state index contributed by atoms with van der Waals surface area (Å²) in [5.41, 5.74) is 3.34. The van der Waals surface area contributed by atoms with E-state index < -0.39 is 0 Å². The molecular formula is C23H26FN5O2. The predicted octanol–water partition coefficient (Wildman–Crippen LogP) is 3.97. The number of amides is 1. The van der Waals surface area contributed by atoms with Gasteiger partial charge in [0, 0.05) is 51.8 Å². The van der Waals surface area contributed by atoms with E-state index in [1.807, 2.05) is 30.1 Å². The van der Waals surface area contributed by atoms with Gasteiger partial charge in [0.1, 0.15) is 5.82 Å². The number of nitrogens with zero attached hydrogens (tertiary/aromatic N) is 5. The third kappa shape index (κ3) is 4.28. The van der Waals surface area contributed by atoms with Crippen LogP contribution >= 0.6 is 0 Å². The lowest BCUT2D eigenvalue weighted by molar-refractivity contribution is 0.0677. The second-order valence-corrected chi connectivity index (χ2v) is 8.08. The maximum absolute atomic E-state index is 13.4. The molecule has 1 saturated heterocycles. The van der Waals surface area contributed by atoms with Gasteiger partial charge in [-0.15, -0.1) is 0 Å². The molecular weight excluding hydrogens is 397 g/mol. The SMILES string of the molecule is Cc1nc(C)c(C(=O)N2CCC(c3nc(N(C)C)ncc3-c3ccc(F)cc3)CC2)o1. The molecule has 0 saturated carbocycles. The average molecular weight is 423 g/mol. The predicted molar refractivity (Wildman–Crippen MR) is 116 cm³/mol. The zero-order valence-electron chi connectivity index (χ0n) is 18.2. The van der Waals surface area contributed by atoms with Crippen LogP contribution in [0.2, 0.25) is 0 Å². The molecule has 8 heteroatoms. The lowest BCUT2D eigenvalue weighted by atomic mass is 9.89. The normalized spacial score (nSPS) is 14.7. The maximum Gasteiger partial charge on any atom is 0.291 e. The Kier molecular flexibility index (Phi) is 5.71. The number of carbonyl (C=O) groups is 1. The largest absolute Gasteiger partial charge is 0.436 e. The van der Waals surface area contributed by atoms with Gasteiger partial charge in [-0.25, -0.2) is 19.3 Å². The van der Waals surface area contributed by atoms with Crippen molar-refractivity contribution in [3.05, 3.63) is 59.3 Å². The highest BCUT2D eigenvalue weighted by Gasteiger charge is 2.30. The van der Waals surface area contributed by atoms with E-state index in [1.54, 1.807) is 26.0 Å². The van der Waals surface area contributed by atoms with Crippen LogP contribution in [0.15, 0.2) is 34.9 Å². The molecule has 31 heavy (non-hydrogen) atoms. The Morgan fingerprint density at radius 3 is 2.39 bits per heavy atom. The molecule has 162 valence electrons. The Labute approximate surface area is 180 Å². The van der Waals surface area contributed by atoms with Crippen LogP contribution in [0.4, 0.5) is 10.3 Å². The van der Waals surface area contributed by atoms with E-state index in [9.17, 15) is 9.18 Å². The lowest BCUT2D eigenvalue weighted by Crippen LogP contribution is -2.38. The van der Waals surface area contributed by atoms with Gasteiger partial charge in [-0.2, -0.15) is 0 Å². The molecule has 1 aliphatic heterocycles. The molecule has 0 bridgehead atoms. The molecule has 1 aromatic carbocycles. The fourth-order valence-electron chi connectivity index (χ4n) is 3.99. The minimum absolute atomic E-state index is 0.119. The lowest BCUT2D eigenvalue weighted by Gasteiger charge is -2.32. The minimum atomic E-state index is -0.277. The molecule has 1 aliphatic rings. The molecule has 0 N–H and O–H groups in total. The van der Waals surface area contributed by atoms with E-state index in [-0.39, 0.29) is 17.6 Å². The van der Waals surface area contributed by atoms with Crippen LogP contribution in [-0.2, 0) is 0 Å². The molecule has 0 unspecified atom stereocenters. The first-order chi connectivity index (χ1) is 14.8. The molecule has 3 aromatic rings. The summed E-state index contributed by atoms with van der Waals surface area (Å²) in [6.45, 7) is 4.74. The van der Waals surface area contributed by atoms with Gasteiger partial charge < -0.3 is 14.2 Å². The summed E-state index contributed by atoms with van der Waals surface area (Å²) in [5, 5.41) is 0. The zero-order chi connectivity index (χ0) is 22.1. The van der Waals surface area contributed by atoms with Crippen molar-refractivity contribution in [1.29, 1.82) is 0 Å². The summed E-state index contributed by atoms with van der Waals surface area (Å²) in [6, 6.07) is 6.39. The number of likely N-dealkylation sites (tertiary alicyclic amines) is 1. The summed E-state index contributed by atoms with van der Waals surface area (Å²) in [6.07, 6.45) is 3.36. The van der Waals surface area contributed by atoms with Crippen molar-refractivity contribution in [2.75, 3.05) is 32.1 Å². The molecule has 0 radical (unpaired) electrons. The monoisotopic (exact) mass is 423 g/mol. The Bertz CT molecular complexity index is 1090. The topological polar surface area (TPSA) is 75.4 Å². The Morgan fingerprint density at radius 2 is 1.81 bits per heavy atom. The van der Waals surface area contributed by atoms with Gasteiger partial charge in [0.05, 0.1) is 11.4 Å². The Hall–Kier alpha value is -3.29. The first-order valence-electron chi connectivity index (χ1n) is 10.4. The van der Waals surface area contributed by atoms with Gasteiger partial charge in [0.15, 0.2) is 5.89 Å². The number of halogens is 1. The third-order valence-corrected chi connectivity index (χ3v) is 5.63. The number of oxazole rings is 1. The highest BCUT2D eigenvalue weighted by molar-refractivity contribution is 5.92. The smallest absolute Gasteiger partial charge is 0.291 e. The van der Waals surface area contributed by atoms with Gasteiger partial charge in [-0.1, -0.05) is 12.1 Å². The highest BCUT2D eigenvalue weighted by atomic mass is 19.1. The van der Waals surface area contributed by atoms with Crippen molar-refractivity contribution in [3.8, 4) is 11.1 Å². The molecule has 0 spiro atoms. The number of carbonyl (C=O) groups excluding carboxylic acids is 1. The standard InChI is InChI=1S/C23H26FN5O2/c1-14-21(31-15(2)26-14)22(30)29-11-9-17(10-12-29)20-19(13-25-23(27-20)28(3)4)16-5-7-18(24)8-6-16/h5-8,13,17H,9-12H2,1-4H3. The van der Waals surface area contributed by atoms with Crippen LogP contribution in [0.3, 0.4) is 0 Å². The molecule has 0 aliphatic carbocycles. The van der Waals surface area contributed by atoms with E-state index in [1.165, 1.54) is 12.1 Å². The zero-order valence-corrected chi connectivity index (χ0v) is 18.2. The van der Waals surface area contributed by atoms with Crippen LogP contribution in [0.25, 0.3) is 11.1 Å². The number of anilines is 1. The van der Waals surface area contributed by atoms with E-state index in [4.69, 9.17) is 9.40 Å². The molecule has 2 aromatic heterocycles. The van der Waals surface area contributed by atoms with Crippen molar-refractivity contribution in [3.63, 3.8) is 0 Å². The number of benzene rings is 1. The Balaban J connectivity index is 1.58. The van der Waals surface area contributed by atoms with E-state index >= 15 is 0 Å². The number of hydrogen-bond donors (Lipinski definition) is 0. The van der Waals surface area contributed by atoms with Crippen LogP contribution < -0.4 is 4.90 Å². The van der Waals surface area contributed by atoms with Gasteiger partial charge >= 0.3 is 0 Å². The highest BCUT2D eigenvalue weighted by Crippen LogP contribution is 2.35. The fourth-order valence-corrected chi connectivity index (χ4v) is 3.99. The summed E-state index contributed by atoms with van der Waals surface area (Å²) in [5.74, 6) is 1.22. The molecule has 1 fully saturated rings. The van der Waals surface area contributed by atoms with Crippen molar-refractivity contribution in [2.24, 2.45) is 0 Å². The second-order valence-electron chi connectivity index (χ2n) is 8.08. The van der Waals surface area contributed by atoms with Crippen molar-refractivity contribution in [1.82, 2.24) is 19.9 Å². The summed E-state index contributed by atoms with van der Waals surface area (Å²) >= 11 is 0. The summed E-state index contributed by atoms with van der Waals surface area (Å²) in [4.78, 5) is 30.0. The number of aromatic nitrogens is 3. The first-order valence-corrected chi connectivity index (χ1v) is 10.4. The number of piperidine rings is 1. The van der Waals surface area contributed by atoms with Gasteiger partial charge in [-0.3, -0.25) is 4.79 Å². The van der Waals surface area contributed by atoms with Gasteiger partial charge in [0.25, 0.3) is 5.91 Å². The number of rotatable bonds is 4. The molecule has 0 atom stereocenters. The average Bonchev–Trinajstić information content (AvgIpc) is 3.11. The molecule has 1 amide bonds.